The van der Waals surface area contributed by atoms with E-state index in [0.29, 0.717) is 12.8 Å². The molecule has 0 aromatic rings. The van der Waals surface area contributed by atoms with E-state index in [1.54, 1.807) is 7.05 Å². The Bertz CT molecular complexity index is 343. The van der Waals surface area contributed by atoms with Crippen molar-refractivity contribution in [3.8, 4) is 12.3 Å². The third-order valence-corrected chi connectivity index (χ3v) is 3.27. The van der Waals surface area contributed by atoms with Crippen LogP contribution in [-0.4, -0.2) is 47.1 Å². The Morgan fingerprint density at radius 2 is 1.94 bits per heavy atom. The van der Waals surface area contributed by atoms with Gasteiger partial charge in [-0.3, -0.25) is 14.5 Å². The van der Waals surface area contributed by atoms with E-state index in [4.69, 9.17) is 11.5 Å². The van der Waals surface area contributed by atoms with Crippen molar-refractivity contribution in [2.75, 3.05) is 13.6 Å². The Morgan fingerprint density at radius 1 is 1.44 bits per heavy atom. The van der Waals surface area contributed by atoms with Crippen LogP contribution in [0.25, 0.3) is 0 Å². The molecule has 18 heavy (non-hydrogen) atoms. The first-order valence-electron chi connectivity index (χ1n) is 6.03. The summed E-state index contributed by atoms with van der Waals surface area (Å²) in [6.45, 7) is 5.36. The van der Waals surface area contributed by atoms with Crippen molar-refractivity contribution in [2.45, 2.75) is 45.2 Å². The van der Waals surface area contributed by atoms with Gasteiger partial charge in [-0.15, -0.1) is 6.42 Å². The summed E-state index contributed by atoms with van der Waals surface area (Å²) in [7, 11) is 1.59. The van der Waals surface area contributed by atoms with Gasteiger partial charge in [-0.05, 0) is 26.8 Å². The van der Waals surface area contributed by atoms with Gasteiger partial charge in [0.1, 0.15) is 11.6 Å². The molecule has 0 aliphatic rings. The summed E-state index contributed by atoms with van der Waals surface area (Å²) < 4.78 is 0. The predicted octanol–water partition coefficient (Wildman–Crippen LogP) is 0.700. The van der Waals surface area contributed by atoms with Crippen molar-refractivity contribution in [3.63, 3.8) is 0 Å². The highest BCUT2D eigenvalue weighted by molar-refractivity contribution is 5.80. The average molecular weight is 254 g/mol. The zero-order chi connectivity index (χ0) is 14.3. The van der Waals surface area contributed by atoms with Gasteiger partial charge < -0.3 is 10.4 Å². The first kappa shape index (κ1) is 16.5. The van der Waals surface area contributed by atoms with Gasteiger partial charge in [-0.2, -0.15) is 0 Å². The lowest BCUT2D eigenvalue weighted by molar-refractivity contribution is -0.142. The zero-order valence-corrected chi connectivity index (χ0v) is 11.5. The molecule has 0 rings (SSSR count). The van der Waals surface area contributed by atoms with Crippen molar-refractivity contribution >= 4 is 11.9 Å². The molecule has 0 fully saturated rings. The second-order valence-electron chi connectivity index (χ2n) is 4.41. The molecule has 0 aromatic heterocycles. The second-order valence-corrected chi connectivity index (χ2v) is 4.41. The largest absolute Gasteiger partial charge is 0.480 e. The Kier molecular flexibility index (Phi) is 6.42. The SMILES string of the molecule is C#CC(CC)(CC)NC(=O)CN(C)C(C)C(=O)O. The Morgan fingerprint density at radius 3 is 2.28 bits per heavy atom. The topological polar surface area (TPSA) is 69.6 Å². The quantitative estimate of drug-likeness (QED) is 0.656. The number of hydrogen-bond donors (Lipinski definition) is 2. The summed E-state index contributed by atoms with van der Waals surface area (Å²) >= 11 is 0. The molecular formula is C13H22N2O3. The molecule has 0 aliphatic heterocycles. The molecule has 1 atom stereocenters. The molecular weight excluding hydrogens is 232 g/mol. The minimum Gasteiger partial charge on any atom is -0.480 e. The van der Waals surface area contributed by atoms with E-state index in [1.165, 1.54) is 11.8 Å². The molecule has 0 saturated carbocycles. The first-order chi connectivity index (χ1) is 8.31. The third-order valence-electron chi connectivity index (χ3n) is 3.27. The highest BCUT2D eigenvalue weighted by Gasteiger charge is 2.27. The van der Waals surface area contributed by atoms with Crippen LogP contribution in [0.3, 0.4) is 0 Å². The van der Waals surface area contributed by atoms with E-state index in [-0.39, 0.29) is 12.5 Å². The summed E-state index contributed by atoms with van der Waals surface area (Å²) in [4.78, 5) is 24.1. The van der Waals surface area contributed by atoms with Crippen LogP contribution >= 0.6 is 0 Å². The minimum atomic E-state index is -0.959. The molecule has 0 aromatic carbocycles. The molecule has 0 aliphatic carbocycles. The summed E-state index contributed by atoms with van der Waals surface area (Å²) in [6, 6.07) is -0.709. The van der Waals surface area contributed by atoms with Gasteiger partial charge in [0.25, 0.3) is 0 Å². The number of amides is 1. The molecule has 0 radical (unpaired) electrons. The maximum atomic E-state index is 11.8. The molecule has 0 heterocycles. The number of carboxylic acids is 1. The van der Waals surface area contributed by atoms with E-state index in [1.807, 2.05) is 13.8 Å². The number of likely N-dealkylation sites (N-methyl/N-ethyl adjacent to an activating group) is 1. The van der Waals surface area contributed by atoms with Gasteiger partial charge in [0.2, 0.25) is 5.91 Å². The van der Waals surface area contributed by atoms with Crippen molar-refractivity contribution in [1.82, 2.24) is 10.2 Å². The molecule has 0 saturated heterocycles. The van der Waals surface area contributed by atoms with Crippen molar-refractivity contribution < 1.29 is 14.7 Å². The number of terminal acetylenes is 1. The number of rotatable bonds is 7. The number of nitrogens with one attached hydrogen (secondary N) is 1. The molecule has 0 spiro atoms. The smallest absolute Gasteiger partial charge is 0.320 e. The standard InChI is InChI=1S/C13H22N2O3/c1-6-13(7-2,8-3)14-11(16)9-15(5)10(4)12(17)18/h1,10H,7-9H2,2-5H3,(H,14,16)(H,17,18). The molecule has 102 valence electrons. The number of aliphatic carboxylic acids is 1. The van der Waals surface area contributed by atoms with E-state index >= 15 is 0 Å². The average Bonchev–Trinajstić information content (AvgIpc) is 2.34. The summed E-state index contributed by atoms with van der Waals surface area (Å²) in [6.07, 6.45) is 6.73. The lowest BCUT2D eigenvalue weighted by atomic mass is 9.94. The Labute approximate surface area is 109 Å². The maximum absolute atomic E-state index is 11.8. The van der Waals surface area contributed by atoms with Crippen LogP contribution in [0.2, 0.25) is 0 Å². The van der Waals surface area contributed by atoms with Crippen molar-refractivity contribution in [2.24, 2.45) is 0 Å². The van der Waals surface area contributed by atoms with Gasteiger partial charge in [-0.25, -0.2) is 0 Å². The number of carbonyl (C=O) groups is 2. The van der Waals surface area contributed by atoms with Crippen molar-refractivity contribution in [3.05, 3.63) is 0 Å². The maximum Gasteiger partial charge on any atom is 0.320 e. The van der Waals surface area contributed by atoms with Crippen LogP contribution in [-0.2, 0) is 9.59 Å². The van der Waals surface area contributed by atoms with E-state index in [2.05, 4.69) is 11.2 Å². The molecule has 1 amide bonds. The van der Waals surface area contributed by atoms with E-state index < -0.39 is 17.6 Å². The normalized spacial score (nSPS) is 12.9. The van der Waals surface area contributed by atoms with Crippen LogP contribution in [0.15, 0.2) is 0 Å². The number of hydrogen-bond acceptors (Lipinski definition) is 3. The Balaban J connectivity index is 4.52. The second kappa shape index (κ2) is 7.02. The summed E-state index contributed by atoms with van der Waals surface area (Å²) in [5.74, 6) is 1.39. The highest BCUT2D eigenvalue weighted by atomic mass is 16.4. The lowest BCUT2D eigenvalue weighted by Gasteiger charge is -2.29. The monoisotopic (exact) mass is 254 g/mol. The van der Waals surface area contributed by atoms with Crippen LogP contribution in [0.5, 0.6) is 0 Å². The van der Waals surface area contributed by atoms with E-state index in [9.17, 15) is 9.59 Å². The van der Waals surface area contributed by atoms with Crippen LogP contribution < -0.4 is 5.32 Å². The van der Waals surface area contributed by atoms with Gasteiger partial charge in [0.05, 0.1) is 6.54 Å². The van der Waals surface area contributed by atoms with Gasteiger partial charge >= 0.3 is 5.97 Å². The zero-order valence-electron chi connectivity index (χ0n) is 11.5. The fourth-order valence-corrected chi connectivity index (χ4v) is 1.53. The van der Waals surface area contributed by atoms with Crippen molar-refractivity contribution in [1.29, 1.82) is 0 Å². The predicted molar refractivity (Wildman–Crippen MR) is 70.0 cm³/mol. The Hall–Kier alpha value is -1.54. The van der Waals surface area contributed by atoms with Crippen LogP contribution in [0, 0.1) is 12.3 Å². The lowest BCUT2D eigenvalue weighted by Crippen LogP contribution is -2.51. The first-order valence-corrected chi connectivity index (χ1v) is 6.03. The van der Waals surface area contributed by atoms with Gasteiger partial charge in [-0.1, -0.05) is 19.8 Å². The fourth-order valence-electron chi connectivity index (χ4n) is 1.53. The number of carbonyl (C=O) groups excluding carboxylic acids is 1. The minimum absolute atomic E-state index is 0.0108. The van der Waals surface area contributed by atoms with E-state index in [0.717, 1.165) is 0 Å². The van der Waals surface area contributed by atoms with Crippen LogP contribution in [0.1, 0.15) is 33.6 Å². The molecule has 5 nitrogen and oxygen atoms in total. The molecule has 1 unspecified atom stereocenters. The number of carboxylic acid groups (broad SMARTS) is 1. The van der Waals surface area contributed by atoms with Crippen LogP contribution in [0.4, 0.5) is 0 Å². The third kappa shape index (κ3) is 4.38. The van der Waals surface area contributed by atoms with Gasteiger partial charge in [0.15, 0.2) is 0 Å². The summed E-state index contributed by atoms with van der Waals surface area (Å²) in [5, 5.41) is 11.6. The fraction of sp³-hybridized carbons (Fsp3) is 0.692. The molecule has 0 bridgehead atoms. The molecule has 5 heteroatoms. The highest BCUT2D eigenvalue weighted by Crippen LogP contribution is 2.13. The molecule has 2 N–H and O–H groups in total. The number of nitrogens with zero attached hydrogens (tertiary/aromatic N) is 1. The van der Waals surface area contributed by atoms with Gasteiger partial charge in [0, 0.05) is 0 Å². The summed E-state index contributed by atoms with van der Waals surface area (Å²) in [5.41, 5.74) is -0.635.